The molecule has 6 heteroatoms. The van der Waals surface area contributed by atoms with Gasteiger partial charge in [-0.15, -0.1) is 0 Å². The first-order valence-corrected chi connectivity index (χ1v) is 12.8. The molecule has 2 aromatic rings. The van der Waals surface area contributed by atoms with Crippen molar-refractivity contribution >= 4 is 5.91 Å². The van der Waals surface area contributed by atoms with Crippen LogP contribution in [0.1, 0.15) is 51.0 Å². The van der Waals surface area contributed by atoms with Gasteiger partial charge in [-0.3, -0.25) is 9.69 Å². The van der Waals surface area contributed by atoms with Crippen molar-refractivity contribution in [3.05, 3.63) is 42.0 Å². The molecule has 3 aliphatic rings. The molecule has 0 N–H and O–H groups in total. The molecule has 6 nitrogen and oxygen atoms in total. The smallest absolute Gasteiger partial charge is 0.260 e. The Morgan fingerprint density at radius 1 is 0.941 bits per heavy atom. The lowest BCUT2D eigenvalue weighted by Gasteiger charge is -2.31. The highest BCUT2D eigenvalue weighted by Crippen LogP contribution is 2.37. The number of nitrogens with zero attached hydrogens (tertiary/aromatic N) is 2. The first-order valence-electron chi connectivity index (χ1n) is 12.8. The maximum Gasteiger partial charge on any atom is 0.260 e. The molecule has 5 rings (SSSR count). The number of carbonyl (C=O) groups is 1. The summed E-state index contributed by atoms with van der Waals surface area (Å²) in [5, 5.41) is 0. The van der Waals surface area contributed by atoms with Gasteiger partial charge in [-0.25, -0.2) is 0 Å². The molecule has 0 spiro atoms. The zero-order valence-electron chi connectivity index (χ0n) is 20.3. The van der Waals surface area contributed by atoms with Crippen molar-refractivity contribution in [3.8, 4) is 28.4 Å². The summed E-state index contributed by atoms with van der Waals surface area (Å²) in [6.45, 7) is 7.43. The zero-order chi connectivity index (χ0) is 23.3. The minimum absolute atomic E-state index is 0.0966. The van der Waals surface area contributed by atoms with E-state index in [4.69, 9.17) is 14.2 Å². The number of hydrogen-bond donors (Lipinski definition) is 0. The molecule has 2 saturated heterocycles. The number of benzene rings is 2. The van der Waals surface area contributed by atoms with Gasteiger partial charge in [0.05, 0.1) is 0 Å². The van der Waals surface area contributed by atoms with Gasteiger partial charge in [0, 0.05) is 31.7 Å². The summed E-state index contributed by atoms with van der Waals surface area (Å²) in [6.07, 6.45) is 7.13. The molecule has 1 unspecified atom stereocenters. The Balaban J connectivity index is 1.35. The first kappa shape index (κ1) is 23.0. The van der Waals surface area contributed by atoms with E-state index in [0.29, 0.717) is 5.92 Å². The number of carbonyl (C=O) groups excluding carboxylic acids is 1. The van der Waals surface area contributed by atoms with E-state index in [2.05, 4.69) is 30.0 Å². The van der Waals surface area contributed by atoms with E-state index in [0.717, 1.165) is 79.5 Å². The van der Waals surface area contributed by atoms with Crippen LogP contribution in [0.4, 0.5) is 0 Å². The molecule has 0 bridgehead atoms. The Morgan fingerprint density at radius 2 is 1.71 bits per heavy atom. The van der Waals surface area contributed by atoms with E-state index < -0.39 is 0 Å². The van der Waals surface area contributed by atoms with Gasteiger partial charge in [0.25, 0.3) is 5.91 Å². The van der Waals surface area contributed by atoms with E-state index in [1.54, 1.807) is 0 Å². The Hall–Kier alpha value is -2.73. The summed E-state index contributed by atoms with van der Waals surface area (Å²) < 4.78 is 17.2. The fourth-order valence-corrected chi connectivity index (χ4v) is 5.32. The van der Waals surface area contributed by atoms with Crippen molar-refractivity contribution < 1.29 is 19.0 Å². The molecule has 3 aliphatic heterocycles. The number of fused-ring (bicyclic) bond motifs is 1. The molecule has 0 radical (unpaired) electrons. The van der Waals surface area contributed by atoms with Crippen LogP contribution in [0.2, 0.25) is 0 Å². The number of likely N-dealkylation sites (tertiary alicyclic amines) is 2. The van der Waals surface area contributed by atoms with E-state index in [9.17, 15) is 4.79 Å². The van der Waals surface area contributed by atoms with Crippen LogP contribution in [0.15, 0.2) is 36.4 Å². The molecule has 2 fully saturated rings. The van der Waals surface area contributed by atoms with Crippen molar-refractivity contribution in [1.29, 1.82) is 0 Å². The van der Waals surface area contributed by atoms with E-state index >= 15 is 0 Å². The van der Waals surface area contributed by atoms with Gasteiger partial charge < -0.3 is 19.1 Å². The summed E-state index contributed by atoms with van der Waals surface area (Å²) in [7, 11) is 0. The maximum atomic E-state index is 12.8. The summed E-state index contributed by atoms with van der Waals surface area (Å²) in [6, 6.07) is 12.4. The Labute approximate surface area is 202 Å². The third-order valence-corrected chi connectivity index (χ3v) is 7.21. The van der Waals surface area contributed by atoms with Crippen molar-refractivity contribution in [3.63, 3.8) is 0 Å². The third-order valence-electron chi connectivity index (χ3n) is 7.21. The fraction of sp³-hybridized carbons (Fsp3) is 0.536. The number of rotatable bonds is 6. The van der Waals surface area contributed by atoms with Gasteiger partial charge >= 0.3 is 0 Å². The number of amides is 1. The molecule has 0 aliphatic carbocycles. The van der Waals surface area contributed by atoms with Gasteiger partial charge in [0.1, 0.15) is 5.75 Å². The van der Waals surface area contributed by atoms with Crippen LogP contribution in [-0.4, -0.2) is 55.3 Å². The van der Waals surface area contributed by atoms with Crippen molar-refractivity contribution in [2.24, 2.45) is 5.92 Å². The Morgan fingerprint density at radius 3 is 2.53 bits per heavy atom. The highest BCUT2D eigenvalue weighted by molar-refractivity contribution is 5.78. The summed E-state index contributed by atoms with van der Waals surface area (Å²) in [5.74, 6) is 3.19. The molecular weight excluding hydrogens is 428 g/mol. The maximum absolute atomic E-state index is 12.8. The lowest BCUT2D eigenvalue weighted by Crippen LogP contribution is -2.36. The van der Waals surface area contributed by atoms with Gasteiger partial charge in [0.15, 0.2) is 18.1 Å². The Kier molecular flexibility index (Phi) is 7.24. The molecule has 2 aromatic carbocycles. The zero-order valence-corrected chi connectivity index (χ0v) is 20.3. The normalized spacial score (nSPS) is 20.7. The summed E-state index contributed by atoms with van der Waals surface area (Å²) in [4.78, 5) is 17.3. The number of ether oxygens (including phenoxy) is 3. The quantitative estimate of drug-likeness (QED) is 0.596. The van der Waals surface area contributed by atoms with Crippen LogP contribution in [0.25, 0.3) is 11.1 Å². The second-order valence-corrected chi connectivity index (χ2v) is 9.96. The van der Waals surface area contributed by atoms with E-state index in [1.165, 1.54) is 25.7 Å². The largest absolute Gasteiger partial charge is 0.483 e. The predicted octanol–water partition coefficient (Wildman–Crippen LogP) is 5.10. The monoisotopic (exact) mass is 464 g/mol. The predicted molar refractivity (Wildman–Crippen MR) is 132 cm³/mol. The van der Waals surface area contributed by atoms with Gasteiger partial charge in [0.2, 0.25) is 6.79 Å². The highest BCUT2D eigenvalue weighted by Gasteiger charge is 2.21. The van der Waals surface area contributed by atoms with E-state index in [-0.39, 0.29) is 19.3 Å². The van der Waals surface area contributed by atoms with Gasteiger partial charge in [-0.1, -0.05) is 31.9 Å². The third kappa shape index (κ3) is 5.49. The molecule has 0 saturated carbocycles. The second-order valence-electron chi connectivity index (χ2n) is 9.96. The van der Waals surface area contributed by atoms with Crippen LogP contribution in [0.3, 0.4) is 0 Å². The Bertz CT molecular complexity index is 1000. The van der Waals surface area contributed by atoms with Crippen LogP contribution in [0.5, 0.6) is 17.2 Å². The van der Waals surface area contributed by atoms with Crippen molar-refractivity contribution in [2.75, 3.05) is 39.6 Å². The van der Waals surface area contributed by atoms with Crippen LogP contribution < -0.4 is 14.2 Å². The average molecular weight is 465 g/mol. The molecule has 3 heterocycles. The molecule has 1 atom stereocenters. The minimum atomic E-state index is 0.0966. The number of piperidine rings is 1. The van der Waals surface area contributed by atoms with Gasteiger partial charge in [-0.2, -0.15) is 0 Å². The van der Waals surface area contributed by atoms with Gasteiger partial charge in [-0.05, 0) is 73.5 Å². The lowest BCUT2D eigenvalue weighted by atomic mass is 9.98. The topological polar surface area (TPSA) is 51.2 Å². The van der Waals surface area contributed by atoms with Crippen LogP contribution >= 0.6 is 0 Å². The SMILES string of the molecule is CC1CCCN(Cc2cc(-c3ccc4c(c3)OCO4)ccc2OCC(=O)N2CCCCCC2)C1. The second kappa shape index (κ2) is 10.7. The summed E-state index contributed by atoms with van der Waals surface area (Å²) in [5.41, 5.74) is 3.34. The fourth-order valence-electron chi connectivity index (χ4n) is 5.32. The molecule has 182 valence electrons. The average Bonchev–Trinajstić information content (AvgIpc) is 3.14. The molecule has 0 aromatic heterocycles. The molecular formula is C28H36N2O4. The van der Waals surface area contributed by atoms with Crippen LogP contribution in [0, 0.1) is 5.92 Å². The van der Waals surface area contributed by atoms with Crippen molar-refractivity contribution in [1.82, 2.24) is 9.80 Å². The lowest BCUT2D eigenvalue weighted by molar-refractivity contribution is -0.133. The molecule has 1 amide bonds. The first-order chi connectivity index (χ1) is 16.7. The number of hydrogen-bond acceptors (Lipinski definition) is 5. The van der Waals surface area contributed by atoms with Crippen LogP contribution in [-0.2, 0) is 11.3 Å². The molecule has 34 heavy (non-hydrogen) atoms. The van der Waals surface area contributed by atoms with E-state index in [1.807, 2.05) is 23.1 Å². The summed E-state index contributed by atoms with van der Waals surface area (Å²) >= 11 is 0. The van der Waals surface area contributed by atoms with Crippen molar-refractivity contribution in [2.45, 2.75) is 52.0 Å². The standard InChI is InChI=1S/C28H36N2O4/c1-21-7-6-12-29(17-21)18-24-15-22(23-9-11-26-27(16-23)34-20-33-26)8-10-25(24)32-19-28(31)30-13-4-2-3-5-14-30/h8-11,15-16,21H,2-7,12-14,17-20H2,1H3. The minimum Gasteiger partial charge on any atom is -0.483 e. The highest BCUT2D eigenvalue weighted by atomic mass is 16.7.